The van der Waals surface area contributed by atoms with Crippen LogP contribution in [0.2, 0.25) is 5.02 Å². The van der Waals surface area contributed by atoms with E-state index in [4.69, 9.17) is 11.6 Å². The molecule has 1 N–H and O–H groups in total. The third-order valence-electron chi connectivity index (χ3n) is 3.79. The third kappa shape index (κ3) is 3.76. The van der Waals surface area contributed by atoms with Crippen molar-refractivity contribution < 1.29 is 13.2 Å². The number of nitrogens with one attached hydrogen (secondary N) is 1. The summed E-state index contributed by atoms with van der Waals surface area (Å²) in [4.78, 5) is 12.8. The third-order valence-corrected chi connectivity index (χ3v) is 7.27. The Morgan fingerprint density at radius 3 is 2.52 bits per heavy atom. The second-order valence-corrected chi connectivity index (χ2v) is 9.07. The predicted molar refractivity (Wildman–Crippen MR) is 91.4 cm³/mol. The Kier molecular flexibility index (Phi) is 4.75. The fourth-order valence-corrected chi connectivity index (χ4v) is 5.22. The number of benzene rings is 1. The SMILES string of the molecule is O=C(NC[C@@H](c1cccs1)S(=O)(=O)c1ccc(Cl)cc1)C1CC1. The molecule has 0 spiro atoms. The molecule has 4 nitrogen and oxygen atoms in total. The Balaban J connectivity index is 1.87. The summed E-state index contributed by atoms with van der Waals surface area (Å²) < 4.78 is 25.9. The van der Waals surface area contributed by atoms with E-state index in [-0.39, 0.29) is 23.3 Å². The summed E-state index contributed by atoms with van der Waals surface area (Å²) in [5.41, 5.74) is 0. The van der Waals surface area contributed by atoms with Crippen LogP contribution in [0.4, 0.5) is 0 Å². The second-order valence-electron chi connectivity index (χ2n) is 5.52. The highest BCUT2D eigenvalue weighted by Gasteiger charge is 2.33. The zero-order chi connectivity index (χ0) is 16.4. The fraction of sp³-hybridized carbons (Fsp3) is 0.312. The lowest BCUT2D eigenvalue weighted by atomic mass is 10.3. The Morgan fingerprint density at radius 1 is 1.26 bits per heavy atom. The molecule has 1 atom stereocenters. The summed E-state index contributed by atoms with van der Waals surface area (Å²) in [5.74, 6) is -0.00455. The van der Waals surface area contributed by atoms with Gasteiger partial charge in [-0.1, -0.05) is 17.7 Å². The van der Waals surface area contributed by atoms with E-state index in [1.165, 1.54) is 23.5 Å². The van der Waals surface area contributed by atoms with E-state index in [0.717, 1.165) is 17.7 Å². The van der Waals surface area contributed by atoms with Gasteiger partial charge in [0.25, 0.3) is 0 Å². The van der Waals surface area contributed by atoms with E-state index in [2.05, 4.69) is 5.32 Å². The molecule has 1 heterocycles. The number of carbonyl (C=O) groups excluding carboxylic acids is 1. The zero-order valence-corrected chi connectivity index (χ0v) is 14.6. The first-order valence-corrected chi connectivity index (χ1v) is 10.1. The Morgan fingerprint density at radius 2 is 1.96 bits per heavy atom. The average Bonchev–Trinajstić information content (AvgIpc) is 3.24. The number of hydrogen-bond acceptors (Lipinski definition) is 4. The van der Waals surface area contributed by atoms with Gasteiger partial charge in [-0.25, -0.2) is 8.42 Å². The van der Waals surface area contributed by atoms with Crippen molar-refractivity contribution in [3.63, 3.8) is 0 Å². The summed E-state index contributed by atoms with van der Waals surface area (Å²) >= 11 is 7.21. The molecular weight excluding hydrogens is 354 g/mol. The first-order valence-electron chi connectivity index (χ1n) is 7.29. The first kappa shape index (κ1) is 16.5. The Hall–Kier alpha value is -1.37. The maximum Gasteiger partial charge on any atom is 0.223 e. The van der Waals surface area contributed by atoms with Gasteiger partial charge in [-0.05, 0) is 48.6 Å². The van der Waals surface area contributed by atoms with Crippen molar-refractivity contribution in [3.8, 4) is 0 Å². The minimum atomic E-state index is -3.60. The standard InChI is InChI=1S/C16H16ClNO3S2/c17-12-5-7-13(8-6-12)23(20,21)15(14-2-1-9-22-14)10-18-16(19)11-3-4-11/h1-2,5-9,11,15H,3-4,10H2,(H,18,19)/t15-/m0/s1. The van der Waals surface area contributed by atoms with E-state index in [0.29, 0.717) is 5.02 Å². The van der Waals surface area contributed by atoms with Crippen LogP contribution in [0.5, 0.6) is 0 Å². The van der Waals surface area contributed by atoms with Crippen molar-refractivity contribution in [2.75, 3.05) is 6.54 Å². The van der Waals surface area contributed by atoms with Crippen LogP contribution in [0.1, 0.15) is 23.0 Å². The van der Waals surface area contributed by atoms with Crippen LogP contribution in [0.25, 0.3) is 0 Å². The van der Waals surface area contributed by atoms with Gasteiger partial charge < -0.3 is 5.32 Å². The van der Waals surface area contributed by atoms with Crippen molar-refractivity contribution in [1.29, 1.82) is 0 Å². The van der Waals surface area contributed by atoms with Crippen molar-refractivity contribution in [2.45, 2.75) is 23.0 Å². The lowest BCUT2D eigenvalue weighted by Gasteiger charge is -2.17. The molecule has 1 aliphatic carbocycles. The zero-order valence-electron chi connectivity index (χ0n) is 12.2. The molecule has 23 heavy (non-hydrogen) atoms. The van der Waals surface area contributed by atoms with Crippen LogP contribution < -0.4 is 5.32 Å². The van der Waals surface area contributed by atoms with E-state index < -0.39 is 15.1 Å². The highest BCUT2D eigenvalue weighted by atomic mass is 35.5. The average molecular weight is 370 g/mol. The van der Waals surface area contributed by atoms with Gasteiger partial charge in [0.15, 0.2) is 9.84 Å². The summed E-state index contributed by atoms with van der Waals surface area (Å²) in [6, 6.07) is 9.71. The van der Waals surface area contributed by atoms with E-state index >= 15 is 0 Å². The molecule has 1 aromatic heterocycles. The molecular formula is C16H16ClNO3S2. The first-order chi connectivity index (χ1) is 11.0. The van der Waals surface area contributed by atoms with Crippen LogP contribution in [0, 0.1) is 5.92 Å². The van der Waals surface area contributed by atoms with Crippen molar-refractivity contribution in [3.05, 3.63) is 51.7 Å². The minimum absolute atomic E-state index is 0.0530. The number of carbonyl (C=O) groups is 1. The van der Waals surface area contributed by atoms with Gasteiger partial charge in [0.1, 0.15) is 5.25 Å². The highest BCUT2D eigenvalue weighted by Crippen LogP contribution is 2.33. The van der Waals surface area contributed by atoms with E-state index in [1.807, 2.05) is 11.4 Å². The number of sulfone groups is 1. The predicted octanol–water partition coefficient (Wildman–Crippen LogP) is 3.44. The Bertz CT molecular complexity index is 781. The lowest BCUT2D eigenvalue weighted by Crippen LogP contribution is -2.32. The molecule has 1 aliphatic rings. The van der Waals surface area contributed by atoms with Crippen LogP contribution in [0.15, 0.2) is 46.7 Å². The van der Waals surface area contributed by atoms with Crippen molar-refractivity contribution >= 4 is 38.7 Å². The monoisotopic (exact) mass is 369 g/mol. The van der Waals surface area contributed by atoms with Crippen LogP contribution >= 0.6 is 22.9 Å². The van der Waals surface area contributed by atoms with Crippen molar-refractivity contribution in [1.82, 2.24) is 5.32 Å². The minimum Gasteiger partial charge on any atom is -0.354 e. The maximum absolute atomic E-state index is 13.0. The quantitative estimate of drug-likeness (QED) is 0.848. The maximum atomic E-state index is 13.0. The van der Waals surface area contributed by atoms with Gasteiger partial charge >= 0.3 is 0 Å². The summed E-state index contributed by atoms with van der Waals surface area (Å²) in [5, 5.41) is 4.32. The van der Waals surface area contributed by atoms with Gasteiger partial charge in [0.05, 0.1) is 4.90 Å². The smallest absolute Gasteiger partial charge is 0.223 e. The molecule has 0 bridgehead atoms. The highest BCUT2D eigenvalue weighted by molar-refractivity contribution is 7.91. The van der Waals surface area contributed by atoms with Gasteiger partial charge in [-0.3, -0.25) is 4.79 Å². The molecule has 2 aromatic rings. The van der Waals surface area contributed by atoms with Crippen LogP contribution in [-0.2, 0) is 14.6 Å². The molecule has 1 aromatic carbocycles. The molecule has 7 heteroatoms. The molecule has 1 saturated carbocycles. The molecule has 0 saturated heterocycles. The molecule has 0 radical (unpaired) electrons. The molecule has 1 fully saturated rings. The van der Waals surface area contributed by atoms with Gasteiger partial charge in [-0.15, -0.1) is 11.3 Å². The van der Waals surface area contributed by atoms with Crippen LogP contribution in [-0.4, -0.2) is 20.9 Å². The molecule has 1 amide bonds. The number of halogens is 1. The number of thiophene rings is 1. The number of amides is 1. The lowest BCUT2D eigenvalue weighted by molar-refractivity contribution is -0.122. The van der Waals surface area contributed by atoms with Gasteiger partial charge in [-0.2, -0.15) is 0 Å². The van der Waals surface area contributed by atoms with Gasteiger partial charge in [0, 0.05) is 22.4 Å². The molecule has 122 valence electrons. The van der Waals surface area contributed by atoms with Crippen molar-refractivity contribution in [2.24, 2.45) is 5.92 Å². The second kappa shape index (κ2) is 6.63. The number of rotatable bonds is 6. The summed E-state index contributed by atoms with van der Waals surface area (Å²) in [6.45, 7) is 0.0841. The largest absolute Gasteiger partial charge is 0.354 e. The Labute approximate surface area is 144 Å². The van der Waals surface area contributed by atoms with E-state index in [1.54, 1.807) is 18.2 Å². The van der Waals surface area contributed by atoms with Crippen LogP contribution in [0.3, 0.4) is 0 Å². The normalized spacial score (nSPS) is 16.0. The van der Waals surface area contributed by atoms with Gasteiger partial charge in [0.2, 0.25) is 5.91 Å². The molecule has 3 rings (SSSR count). The topological polar surface area (TPSA) is 63.2 Å². The summed E-state index contributed by atoms with van der Waals surface area (Å²) in [6.07, 6.45) is 1.78. The number of hydrogen-bond donors (Lipinski definition) is 1. The molecule has 0 unspecified atom stereocenters. The molecule has 0 aliphatic heterocycles. The van der Waals surface area contributed by atoms with E-state index in [9.17, 15) is 13.2 Å². The fourth-order valence-electron chi connectivity index (χ4n) is 2.31. The summed E-state index contributed by atoms with van der Waals surface area (Å²) in [7, 11) is -3.60.